The van der Waals surface area contributed by atoms with Gasteiger partial charge in [-0.3, -0.25) is 4.98 Å². The molecule has 1 heterocycles. The molecule has 0 spiro atoms. The molecule has 1 unspecified atom stereocenters. The van der Waals surface area contributed by atoms with E-state index in [1.807, 2.05) is 18.5 Å². The molecule has 0 aliphatic heterocycles. The number of aromatic nitrogens is 1. The predicted molar refractivity (Wildman–Crippen MR) is 82.9 cm³/mol. The lowest BCUT2D eigenvalue weighted by molar-refractivity contribution is 0.414. The summed E-state index contributed by atoms with van der Waals surface area (Å²) in [6, 6.07) is 4.22. The Balaban J connectivity index is 2.37. The summed E-state index contributed by atoms with van der Waals surface area (Å²) >= 11 is 0. The second kappa shape index (κ2) is 10.6. The second-order valence-electron chi connectivity index (χ2n) is 5.38. The Morgan fingerprint density at radius 2 is 2.05 bits per heavy atom. The fraction of sp³-hybridized carbons (Fsp3) is 0.611. The summed E-state index contributed by atoms with van der Waals surface area (Å²) in [5, 5.41) is 0. The van der Waals surface area contributed by atoms with Gasteiger partial charge < -0.3 is 0 Å². The van der Waals surface area contributed by atoms with Crippen molar-refractivity contribution >= 4 is 0 Å². The zero-order valence-corrected chi connectivity index (χ0v) is 12.3. The first-order valence-electron chi connectivity index (χ1n) is 7.69. The van der Waals surface area contributed by atoms with Crippen LogP contribution in [0.4, 0.5) is 0 Å². The number of hydrogen-bond acceptors (Lipinski definition) is 1. The molecule has 0 saturated heterocycles. The molecule has 0 aliphatic rings. The molecule has 0 radical (unpaired) electrons. The third-order valence-corrected chi connectivity index (χ3v) is 3.65. The maximum atomic E-state index is 5.35. The zero-order chi connectivity index (χ0) is 13.8. The smallest absolute Gasteiger partial charge is 0.0299 e. The van der Waals surface area contributed by atoms with Crippen LogP contribution in [0.3, 0.4) is 0 Å². The number of unbranched alkanes of at least 4 members (excludes halogenated alkanes) is 4. The van der Waals surface area contributed by atoms with Crippen molar-refractivity contribution in [2.24, 2.45) is 5.92 Å². The lowest BCUT2D eigenvalue weighted by Gasteiger charge is -2.16. The molecule has 1 nitrogen and oxygen atoms in total. The molecule has 1 atom stereocenters. The molecule has 1 rings (SSSR count). The minimum Gasteiger partial charge on any atom is -0.264 e. The Kier molecular flexibility index (Phi) is 8.81. The van der Waals surface area contributed by atoms with Gasteiger partial charge in [-0.1, -0.05) is 45.1 Å². The minimum atomic E-state index is 0.773. The summed E-state index contributed by atoms with van der Waals surface area (Å²) in [6.45, 7) is 2.26. The van der Waals surface area contributed by atoms with Crippen LogP contribution in [0.1, 0.15) is 63.9 Å². The number of rotatable bonds is 10. The van der Waals surface area contributed by atoms with Gasteiger partial charge >= 0.3 is 0 Å². The second-order valence-corrected chi connectivity index (χ2v) is 5.38. The van der Waals surface area contributed by atoms with E-state index in [1.54, 1.807) is 0 Å². The quantitative estimate of drug-likeness (QED) is 0.424. The van der Waals surface area contributed by atoms with Gasteiger partial charge in [0, 0.05) is 18.8 Å². The summed E-state index contributed by atoms with van der Waals surface area (Å²) in [5.41, 5.74) is 1.36. The van der Waals surface area contributed by atoms with Gasteiger partial charge in [-0.25, -0.2) is 0 Å². The van der Waals surface area contributed by atoms with E-state index >= 15 is 0 Å². The van der Waals surface area contributed by atoms with Gasteiger partial charge in [-0.2, -0.15) is 0 Å². The van der Waals surface area contributed by atoms with E-state index in [9.17, 15) is 0 Å². The van der Waals surface area contributed by atoms with Crippen LogP contribution in [0.25, 0.3) is 0 Å². The molecule has 0 aliphatic carbocycles. The molecule has 104 valence electrons. The summed E-state index contributed by atoms with van der Waals surface area (Å²) in [7, 11) is 0. The van der Waals surface area contributed by atoms with E-state index in [4.69, 9.17) is 6.42 Å². The molecule has 0 saturated carbocycles. The SMILES string of the molecule is C#CCCCC(CCCCCC)Cc1cccnc1. The lowest BCUT2D eigenvalue weighted by atomic mass is 9.90. The number of terminal acetylenes is 1. The molecule has 0 fully saturated rings. The Morgan fingerprint density at radius 1 is 1.21 bits per heavy atom. The number of pyridine rings is 1. The van der Waals surface area contributed by atoms with Crippen LogP contribution in [0.2, 0.25) is 0 Å². The molecule has 0 N–H and O–H groups in total. The van der Waals surface area contributed by atoms with Gasteiger partial charge in [0.1, 0.15) is 0 Å². The maximum Gasteiger partial charge on any atom is 0.0299 e. The first-order chi connectivity index (χ1) is 9.36. The van der Waals surface area contributed by atoms with Gasteiger partial charge in [-0.15, -0.1) is 12.3 Å². The molecule has 1 aromatic rings. The van der Waals surface area contributed by atoms with Crippen LogP contribution in [-0.4, -0.2) is 4.98 Å². The van der Waals surface area contributed by atoms with Crippen LogP contribution in [-0.2, 0) is 6.42 Å². The highest BCUT2D eigenvalue weighted by atomic mass is 14.6. The predicted octanol–water partition coefficient (Wildman–Crippen LogP) is 5.01. The van der Waals surface area contributed by atoms with Gasteiger partial charge in [-0.05, 0) is 36.8 Å². The van der Waals surface area contributed by atoms with Crippen LogP contribution in [0.15, 0.2) is 24.5 Å². The van der Waals surface area contributed by atoms with Crippen molar-refractivity contribution < 1.29 is 0 Å². The van der Waals surface area contributed by atoms with Crippen LogP contribution in [0, 0.1) is 18.3 Å². The fourth-order valence-corrected chi connectivity index (χ4v) is 2.55. The highest BCUT2D eigenvalue weighted by molar-refractivity contribution is 5.09. The third kappa shape index (κ3) is 7.67. The first kappa shape index (κ1) is 15.8. The van der Waals surface area contributed by atoms with Crippen molar-refractivity contribution in [1.29, 1.82) is 0 Å². The largest absolute Gasteiger partial charge is 0.264 e. The minimum absolute atomic E-state index is 0.773. The van der Waals surface area contributed by atoms with E-state index in [2.05, 4.69) is 23.9 Å². The van der Waals surface area contributed by atoms with Gasteiger partial charge in [0.25, 0.3) is 0 Å². The summed E-state index contributed by atoms with van der Waals surface area (Å²) in [4.78, 5) is 4.21. The Hall–Kier alpha value is -1.29. The monoisotopic (exact) mass is 257 g/mol. The van der Waals surface area contributed by atoms with Crippen molar-refractivity contribution in [1.82, 2.24) is 4.98 Å². The topological polar surface area (TPSA) is 12.9 Å². The van der Waals surface area contributed by atoms with Crippen molar-refractivity contribution in [3.8, 4) is 12.3 Å². The van der Waals surface area contributed by atoms with Crippen molar-refractivity contribution in [3.63, 3.8) is 0 Å². The van der Waals surface area contributed by atoms with Gasteiger partial charge in [0.05, 0.1) is 0 Å². The maximum absolute atomic E-state index is 5.35. The van der Waals surface area contributed by atoms with Crippen molar-refractivity contribution in [2.75, 3.05) is 0 Å². The molecule has 1 aromatic heterocycles. The summed E-state index contributed by atoms with van der Waals surface area (Å²) in [5.74, 6) is 3.52. The Morgan fingerprint density at radius 3 is 2.74 bits per heavy atom. The van der Waals surface area contributed by atoms with E-state index < -0.39 is 0 Å². The third-order valence-electron chi connectivity index (χ3n) is 3.65. The Bertz CT molecular complexity index is 350. The van der Waals surface area contributed by atoms with Crippen LogP contribution < -0.4 is 0 Å². The van der Waals surface area contributed by atoms with Crippen molar-refractivity contribution in [3.05, 3.63) is 30.1 Å². The standard InChI is InChI=1S/C18H27N/c1-3-5-7-9-12-17(11-8-6-4-2)15-18-13-10-14-19-16-18/h2,10,13-14,16-17H,3,5-9,11-12,15H2,1H3. The van der Waals surface area contributed by atoms with E-state index in [-0.39, 0.29) is 0 Å². The molecule has 0 aromatic carbocycles. The molecule has 19 heavy (non-hydrogen) atoms. The van der Waals surface area contributed by atoms with E-state index in [0.29, 0.717) is 0 Å². The number of nitrogens with zero attached hydrogens (tertiary/aromatic N) is 1. The fourth-order valence-electron chi connectivity index (χ4n) is 2.55. The average Bonchev–Trinajstić information content (AvgIpc) is 2.44. The average molecular weight is 257 g/mol. The summed E-state index contributed by atoms with van der Waals surface area (Å²) < 4.78 is 0. The lowest BCUT2D eigenvalue weighted by Crippen LogP contribution is -2.05. The summed E-state index contributed by atoms with van der Waals surface area (Å²) in [6.07, 6.45) is 20.4. The van der Waals surface area contributed by atoms with Gasteiger partial charge in [0.15, 0.2) is 0 Å². The molecular formula is C18H27N. The zero-order valence-electron chi connectivity index (χ0n) is 12.3. The Labute approximate surface area is 118 Å². The normalized spacial score (nSPS) is 12.0. The molecule has 0 amide bonds. The molecule has 1 heteroatoms. The van der Waals surface area contributed by atoms with Crippen molar-refractivity contribution in [2.45, 2.75) is 64.7 Å². The van der Waals surface area contributed by atoms with Crippen LogP contribution >= 0.6 is 0 Å². The molecular weight excluding hydrogens is 230 g/mol. The number of hydrogen-bond donors (Lipinski definition) is 0. The highest BCUT2D eigenvalue weighted by Gasteiger charge is 2.09. The van der Waals surface area contributed by atoms with Gasteiger partial charge in [0.2, 0.25) is 0 Å². The highest BCUT2D eigenvalue weighted by Crippen LogP contribution is 2.21. The molecule has 0 bridgehead atoms. The van der Waals surface area contributed by atoms with E-state index in [1.165, 1.54) is 44.1 Å². The first-order valence-corrected chi connectivity index (χ1v) is 7.69. The van der Waals surface area contributed by atoms with Crippen LogP contribution in [0.5, 0.6) is 0 Å². The van der Waals surface area contributed by atoms with E-state index in [0.717, 1.165) is 25.2 Å².